The van der Waals surface area contributed by atoms with Gasteiger partial charge >= 0.3 is 5.97 Å². The van der Waals surface area contributed by atoms with Gasteiger partial charge in [0.25, 0.3) is 5.91 Å². The molecule has 8 nitrogen and oxygen atoms in total. The minimum atomic E-state index is -3.37. The van der Waals surface area contributed by atoms with E-state index in [0.29, 0.717) is 28.4 Å². The summed E-state index contributed by atoms with van der Waals surface area (Å²) in [6.07, 6.45) is 4.53. The van der Waals surface area contributed by atoms with Crippen molar-refractivity contribution in [1.29, 1.82) is 0 Å². The topological polar surface area (TPSA) is 102 Å². The molecule has 0 aliphatic heterocycles. The number of rotatable bonds is 9. The van der Waals surface area contributed by atoms with Crippen LogP contribution in [0, 0.1) is 0 Å². The second-order valence-corrected chi connectivity index (χ2v) is 11.0. The second kappa shape index (κ2) is 10.6. The Labute approximate surface area is 198 Å². The number of benzene rings is 1. The Balaban J connectivity index is 1.76. The van der Waals surface area contributed by atoms with Crippen LogP contribution in [0.15, 0.2) is 24.3 Å². The highest BCUT2D eigenvalue weighted by atomic mass is 32.2. The van der Waals surface area contributed by atoms with Crippen molar-refractivity contribution in [2.75, 3.05) is 29.5 Å². The highest BCUT2D eigenvalue weighted by Crippen LogP contribution is 2.38. The molecule has 0 radical (unpaired) electrons. The average Bonchev–Trinajstić information content (AvgIpc) is 3.14. The van der Waals surface area contributed by atoms with Gasteiger partial charge in [0.2, 0.25) is 10.0 Å². The van der Waals surface area contributed by atoms with Crippen LogP contribution in [-0.2, 0) is 32.4 Å². The third-order valence-electron chi connectivity index (χ3n) is 5.53. The number of nitrogens with zero attached hydrogens (tertiary/aromatic N) is 1. The predicted molar refractivity (Wildman–Crippen MR) is 130 cm³/mol. The Morgan fingerprint density at radius 1 is 1.15 bits per heavy atom. The molecule has 1 aliphatic rings. The molecule has 1 N–H and O–H groups in total. The number of thiophene rings is 1. The van der Waals surface area contributed by atoms with E-state index >= 15 is 0 Å². The molecule has 1 heterocycles. The fourth-order valence-electron chi connectivity index (χ4n) is 3.68. The Kier molecular flexibility index (Phi) is 8.01. The molecule has 3 rings (SSSR count). The van der Waals surface area contributed by atoms with Crippen LogP contribution in [0.5, 0.6) is 5.75 Å². The number of anilines is 2. The summed E-state index contributed by atoms with van der Waals surface area (Å²) in [5, 5.41) is 3.41. The Morgan fingerprint density at radius 2 is 1.82 bits per heavy atom. The van der Waals surface area contributed by atoms with Crippen LogP contribution in [0.2, 0.25) is 0 Å². The van der Waals surface area contributed by atoms with Crippen molar-refractivity contribution in [3.63, 3.8) is 0 Å². The SMILES string of the molecule is CCOC(=O)c1c(NC(=O)C(CC)Oc2ccc(N(C)S(C)(=O)=O)cc2)sc2c1CCCC2. The first kappa shape index (κ1) is 25.0. The number of amides is 1. The van der Waals surface area contributed by atoms with Crippen molar-refractivity contribution in [3.05, 3.63) is 40.3 Å². The van der Waals surface area contributed by atoms with E-state index in [2.05, 4.69) is 5.32 Å². The molecule has 1 aliphatic carbocycles. The normalized spacial score (nSPS) is 14.2. The van der Waals surface area contributed by atoms with Crippen LogP contribution in [0.3, 0.4) is 0 Å². The first-order valence-corrected chi connectivity index (χ1v) is 13.6. The maximum Gasteiger partial charge on any atom is 0.341 e. The minimum absolute atomic E-state index is 0.266. The zero-order chi connectivity index (χ0) is 24.2. The van der Waals surface area contributed by atoms with E-state index in [-0.39, 0.29) is 12.5 Å². The fraction of sp³-hybridized carbons (Fsp3) is 0.478. The largest absolute Gasteiger partial charge is 0.481 e. The first-order valence-electron chi connectivity index (χ1n) is 11.0. The lowest BCUT2D eigenvalue weighted by Gasteiger charge is -2.19. The Hall–Kier alpha value is -2.59. The second-order valence-electron chi connectivity index (χ2n) is 7.86. The van der Waals surface area contributed by atoms with E-state index in [9.17, 15) is 18.0 Å². The van der Waals surface area contributed by atoms with E-state index in [0.717, 1.165) is 46.7 Å². The number of hydrogen-bond donors (Lipinski definition) is 1. The van der Waals surface area contributed by atoms with Gasteiger partial charge in [-0.25, -0.2) is 13.2 Å². The highest BCUT2D eigenvalue weighted by Gasteiger charge is 2.29. The summed E-state index contributed by atoms with van der Waals surface area (Å²) in [7, 11) is -1.90. The van der Waals surface area contributed by atoms with E-state index in [1.54, 1.807) is 31.2 Å². The molecule has 0 saturated carbocycles. The number of aryl methyl sites for hydroxylation is 1. The lowest BCUT2D eigenvalue weighted by atomic mass is 9.95. The average molecular weight is 495 g/mol. The number of carbonyl (C=O) groups is 2. The maximum atomic E-state index is 13.0. The molecule has 0 spiro atoms. The van der Waals surface area contributed by atoms with Crippen molar-refractivity contribution in [3.8, 4) is 5.75 Å². The first-order chi connectivity index (χ1) is 15.7. The molecule has 0 fully saturated rings. The summed E-state index contributed by atoms with van der Waals surface area (Å²) in [5.41, 5.74) is 1.94. The van der Waals surface area contributed by atoms with Crippen molar-refractivity contribution < 1.29 is 27.5 Å². The molecule has 1 amide bonds. The zero-order valence-corrected chi connectivity index (χ0v) is 21.0. The van der Waals surface area contributed by atoms with Gasteiger partial charge in [-0.3, -0.25) is 9.10 Å². The molecule has 10 heteroatoms. The third-order valence-corrected chi connectivity index (χ3v) is 7.94. The summed E-state index contributed by atoms with van der Waals surface area (Å²) in [5.74, 6) is -0.315. The molecular formula is C23H30N2O6S2. The molecule has 0 bridgehead atoms. The number of sulfonamides is 1. The van der Waals surface area contributed by atoms with Crippen LogP contribution in [-0.4, -0.2) is 46.3 Å². The third kappa shape index (κ3) is 5.86. The van der Waals surface area contributed by atoms with Crippen molar-refractivity contribution in [1.82, 2.24) is 0 Å². The number of fused-ring (bicyclic) bond motifs is 1. The van der Waals surface area contributed by atoms with Gasteiger partial charge in [0.1, 0.15) is 10.8 Å². The van der Waals surface area contributed by atoms with E-state index in [1.807, 2.05) is 6.92 Å². The van der Waals surface area contributed by atoms with Gasteiger partial charge in [-0.1, -0.05) is 6.92 Å². The van der Waals surface area contributed by atoms with E-state index < -0.39 is 22.1 Å². The number of carbonyl (C=O) groups excluding carboxylic acids is 2. The molecule has 1 atom stereocenters. The van der Waals surface area contributed by atoms with Crippen molar-refractivity contribution >= 4 is 43.9 Å². The lowest BCUT2D eigenvalue weighted by molar-refractivity contribution is -0.122. The van der Waals surface area contributed by atoms with Gasteiger partial charge < -0.3 is 14.8 Å². The predicted octanol–water partition coefficient (Wildman–Crippen LogP) is 4.00. The molecule has 1 aromatic heterocycles. The van der Waals surface area contributed by atoms with Gasteiger partial charge in [0, 0.05) is 11.9 Å². The van der Waals surface area contributed by atoms with Crippen LogP contribution in [0.4, 0.5) is 10.7 Å². The van der Waals surface area contributed by atoms with Crippen molar-refractivity contribution in [2.24, 2.45) is 0 Å². The Morgan fingerprint density at radius 3 is 2.42 bits per heavy atom. The summed E-state index contributed by atoms with van der Waals surface area (Å²) < 4.78 is 35.7. The summed E-state index contributed by atoms with van der Waals surface area (Å²) >= 11 is 1.44. The van der Waals surface area contributed by atoms with Crippen LogP contribution < -0.4 is 14.4 Å². The van der Waals surface area contributed by atoms with Gasteiger partial charge in [0.15, 0.2) is 6.10 Å². The van der Waals surface area contributed by atoms with E-state index in [1.165, 1.54) is 18.4 Å². The van der Waals surface area contributed by atoms with Gasteiger partial charge in [-0.05, 0) is 68.9 Å². The smallest absolute Gasteiger partial charge is 0.341 e. The monoisotopic (exact) mass is 494 g/mol. The summed E-state index contributed by atoms with van der Waals surface area (Å²) in [6.45, 7) is 3.86. The molecule has 2 aromatic rings. The lowest BCUT2D eigenvalue weighted by Crippen LogP contribution is -2.32. The molecule has 1 unspecified atom stereocenters. The summed E-state index contributed by atoms with van der Waals surface area (Å²) in [4.78, 5) is 26.8. The number of hydrogen-bond acceptors (Lipinski definition) is 7. The van der Waals surface area contributed by atoms with Crippen LogP contribution in [0.1, 0.15) is 53.9 Å². The standard InChI is InChI=1S/C23H30N2O6S2/c1-5-18(31-16-13-11-15(12-14-16)25(3)33(4,28)29)21(26)24-22-20(23(27)30-6-2)17-9-7-8-10-19(17)32-22/h11-14,18H,5-10H2,1-4H3,(H,24,26). The fourth-order valence-corrected chi connectivity index (χ4v) is 5.46. The number of nitrogens with one attached hydrogen (secondary N) is 1. The zero-order valence-electron chi connectivity index (χ0n) is 19.3. The molecular weight excluding hydrogens is 464 g/mol. The number of ether oxygens (including phenoxy) is 2. The highest BCUT2D eigenvalue weighted by molar-refractivity contribution is 7.92. The minimum Gasteiger partial charge on any atom is -0.481 e. The van der Waals surface area contributed by atoms with Gasteiger partial charge in [-0.15, -0.1) is 11.3 Å². The van der Waals surface area contributed by atoms with Gasteiger partial charge in [-0.2, -0.15) is 0 Å². The van der Waals surface area contributed by atoms with Crippen molar-refractivity contribution in [2.45, 2.75) is 52.1 Å². The van der Waals surface area contributed by atoms with Crippen LogP contribution in [0.25, 0.3) is 0 Å². The quantitative estimate of drug-likeness (QED) is 0.529. The van der Waals surface area contributed by atoms with Crippen LogP contribution >= 0.6 is 11.3 Å². The number of esters is 1. The maximum absolute atomic E-state index is 13.0. The Bertz CT molecular complexity index is 1110. The molecule has 180 valence electrons. The van der Waals surface area contributed by atoms with Gasteiger partial charge in [0.05, 0.1) is 24.1 Å². The van der Waals surface area contributed by atoms with E-state index in [4.69, 9.17) is 9.47 Å². The summed E-state index contributed by atoms with van der Waals surface area (Å²) in [6, 6.07) is 6.49. The molecule has 1 aromatic carbocycles. The molecule has 0 saturated heterocycles. The molecule has 33 heavy (non-hydrogen) atoms.